The zero-order valence-corrected chi connectivity index (χ0v) is 9.76. The van der Waals surface area contributed by atoms with Crippen LogP contribution in [0, 0.1) is 5.92 Å². The van der Waals surface area contributed by atoms with Crippen LogP contribution in [0.4, 0.5) is 0 Å². The van der Waals surface area contributed by atoms with Crippen LogP contribution in [-0.2, 0) is 16.0 Å². The van der Waals surface area contributed by atoms with Crippen molar-refractivity contribution in [3.63, 3.8) is 0 Å². The highest BCUT2D eigenvalue weighted by Gasteiger charge is 2.17. The van der Waals surface area contributed by atoms with Gasteiger partial charge in [0, 0.05) is 12.3 Å². The summed E-state index contributed by atoms with van der Waals surface area (Å²) in [5.41, 5.74) is 11.5. The fourth-order valence-electron chi connectivity index (χ4n) is 1.79. The number of rotatable bonds is 7. The zero-order chi connectivity index (χ0) is 12.7. The molecule has 0 aliphatic heterocycles. The molecule has 1 unspecified atom stereocenters. The maximum Gasteiger partial charge on any atom is 0.221 e. The van der Waals surface area contributed by atoms with Crippen molar-refractivity contribution < 1.29 is 9.59 Å². The topological polar surface area (TPSA) is 86.2 Å². The highest BCUT2D eigenvalue weighted by molar-refractivity contribution is 5.83. The van der Waals surface area contributed by atoms with Crippen LogP contribution in [0.15, 0.2) is 30.3 Å². The average molecular weight is 234 g/mol. The lowest BCUT2D eigenvalue weighted by molar-refractivity contribution is -0.127. The third kappa shape index (κ3) is 5.15. The molecule has 1 rings (SSSR count). The SMILES string of the molecule is NC(=O)CC(CCCc1ccccc1)C(N)=O. The zero-order valence-electron chi connectivity index (χ0n) is 9.76. The molecule has 0 bridgehead atoms. The van der Waals surface area contributed by atoms with Crippen LogP contribution in [-0.4, -0.2) is 11.8 Å². The maximum atomic E-state index is 11.1. The minimum Gasteiger partial charge on any atom is -0.370 e. The Labute approximate surface area is 101 Å². The Morgan fingerprint density at radius 3 is 2.29 bits per heavy atom. The molecule has 1 aromatic carbocycles. The van der Waals surface area contributed by atoms with Gasteiger partial charge in [-0.2, -0.15) is 0 Å². The number of carbonyl (C=O) groups is 2. The van der Waals surface area contributed by atoms with Gasteiger partial charge in [-0.1, -0.05) is 30.3 Å². The summed E-state index contributed by atoms with van der Waals surface area (Å²) in [4.78, 5) is 21.9. The van der Waals surface area contributed by atoms with E-state index in [2.05, 4.69) is 0 Å². The summed E-state index contributed by atoms with van der Waals surface area (Å²) in [6.07, 6.45) is 2.35. The standard InChI is InChI=1S/C13H18N2O2/c14-12(16)9-11(13(15)17)8-4-7-10-5-2-1-3-6-10/h1-3,5-6,11H,4,7-9H2,(H2,14,16)(H2,15,17). The Morgan fingerprint density at radius 2 is 1.76 bits per heavy atom. The maximum absolute atomic E-state index is 11.1. The average Bonchev–Trinajstić information content (AvgIpc) is 2.28. The van der Waals surface area contributed by atoms with Crippen molar-refractivity contribution in [3.8, 4) is 0 Å². The Kier molecular flexibility index (Phi) is 5.20. The van der Waals surface area contributed by atoms with E-state index in [1.165, 1.54) is 5.56 Å². The Hall–Kier alpha value is -1.84. The molecular formula is C13H18N2O2. The van der Waals surface area contributed by atoms with Crippen LogP contribution in [0.3, 0.4) is 0 Å². The van der Waals surface area contributed by atoms with Gasteiger partial charge in [-0.15, -0.1) is 0 Å². The Morgan fingerprint density at radius 1 is 1.12 bits per heavy atom. The van der Waals surface area contributed by atoms with Gasteiger partial charge in [0.25, 0.3) is 0 Å². The quantitative estimate of drug-likeness (QED) is 0.737. The Balaban J connectivity index is 2.37. The van der Waals surface area contributed by atoms with Crippen molar-refractivity contribution in [1.82, 2.24) is 0 Å². The molecule has 0 radical (unpaired) electrons. The lowest BCUT2D eigenvalue weighted by Gasteiger charge is -2.10. The number of primary amides is 2. The van der Waals surface area contributed by atoms with Crippen LogP contribution in [0.25, 0.3) is 0 Å². The monoisotopic (exact) mass is 234 g/mol. The van der Waals surface area contributed by atoms with Crippen molar-refractivity contribution in [3.05, 3.63) is 35.9 Å². The van der Waals surface area contributed by atoms with Crippen LogP contribution >= 0.6 is 0 Å². The van der Waals surface area contributed by atoms with Gasteiger partial charge in [-0.05, 0) is 24.8 Å². The van der Waals surface area contributed by atoms with E-state index in [4.69, 9.17) is 11.5 Å². The van der Waals surface area contributed by atoms with Gasteiger partial charge < -0.3 is 11.5 Å². The molecular weight excluding hydrogens is 216 g/mol. The van der Waals surface area contributed by atoms with Crippen LogP contribution in [0.2, 0.25) is 0 Å². The first kappa shape index (κ1) is 13.2. The van der Waals surface area contributed by atoms with Gasteiger partial charge in [-0.3, -0.25) is 9.59 Å². The molecule has 0 saturated carbocycles. The van der Waals surface area contributed by atoms with E-state index in [-0.39, 0.29) is 6.42 Å². The second kappa shape index (κ2) is 6.68. The first-order valence-electron chi connectivity index (χ1n) is 5.71. The third-order valence-corrected chi connectivity index (χ3v) is 2.71. The lowest BCUT2D eigenvalue weighted by Crippen LogP contribution is -2.28. The van der Waals surface area contributed by atoms with Crippen molar-refractivity contribution in [2.45, 2.75) is 25.7 Å². The van der Waals surface area contributed by atoms with Gasteiger partial charge in [0.05, 0.1) is 0 Å². The number of aryl methyl sites for hydroxylation is 1. The first-order chi connectivity index (χ1) is 8.09. The van der Waals surface area contributed by atoms with Crippen LogP contribution in [0.1, 0.15) is 24.8 Å². The minimum absolute atomic E-state index is 0.0458. The van der Waals surface area contributed by atoms with Gasteiger partial charge in [0.1, 0.15) is 0 Å². The number of benzene rings is 1. The highest BCUT2D eigenvalue weighted by Crippen LogP contribution is 2.13. The summed E-state index contributed by atoms with van der Waals surface area (Å²) in [5.74, 6) is -1.36. The number of hydrogen-bond donors (Lipinski definition) is 2. The number of carbonyl (C=O) groups excluding carboxylic acids is 2. The molecule has 2 amide bonds. The summed E-state index contributed by atoms with van der Waals surface area (Å²) in [7, 11) is 0. The highest BCUT2D eigenvalue weighted by atomic mass is 16.2. The second-order valence-corrected chi connectivity index (χ2v) is 4.15. The molecule has 0 fully saturated rings. The lowest BCUT2D eigenvalue weighted by atomic mass is 9.96. The van der Waals surface area contributed by atoms with E-state index < -0.39 is 17.7 Å². The molecule has 0 spiro atoms. The van der Waals surface area contributed by atoms with Crippen molar-refractivity contribution >= 4 is 11.8 Å². The molecule has 0 aliphatic rings. The van der Waals surface area contributed by atoms with Gasteiger partial charge in [-0.25, -0.2) is 0 Å². The fourth-order valence-corrected chi connectivity index (χ4v) is 1.79. The molecule has 92 valence electrons. The number of hydrogen-bond acceptors (Lipinski definition) is 2. The van der Waals surface area contributed by atoms with Gasteiger partial charge in [0.15, 0.2) is 0 Å². The van der Waals surface area contributed by atoms with E-state index in [1.807, 2.05) is 30.3 Å². The van der Waals surface area contributed by atoms with Crippen molar-refractivity contribution in [2.75, 3.05) is 0 Å². The predicted molar refractivity (Wildman–Crippen MR) is 65.9 cm³/mol. The predicted octanol–water partition coefficient (Wildman–Crippen LogP) is 0.986. The number of amides is 2. The molecule has 4 heteroatoms. The molecule has 17 heavy (non-hydrogen) atoms. The van der Waals surface area contributed by atoms with Crippen molar-refractivity contribution in [1.29, 1.82) is 0 Å². The van der Waals surface area contributed by atoms with Crippen molar-refractivity contribution in [2.24, 2.45) is 17.4 Å². The van der Waals surface area contributed by atoms with E-state index in [0.29, 0.717) is 6.42 Å². The minimum atomic E-state index is -0.478. The molecule has 4 nitrogen and oxygen atoms in total. The Bertz CT molecular complexity index is 376. The van der Waals surface area contributed by atoms with Gasteiger partial charge >= 0.3 is 0 Å². The normalized spacial score (nSPS) is 12.0. The number of nitrogens with two attached hydrogens (primary N) is 2. The third-order valence-electron chi connectivity index (χ3n) is 2.71. The molecule has 4 N–H and O–H groups in total. The smallest absolute Gasteiger partial charge is 0.221 e. The summed E-state index contributed by atoms with van der Waals surface area (Å²) in [6.45, 7) is 0. The summed E-state index contributed by atoms with van der Waals surface area (Å²) in [6, 6.07) is 9.98. The van der Waals surface area contributed by atoms with Crippen LogP contribution in [0.5, 0.6) is 0 Å². The van der Waals surface area contributed by atoms with Crippen LogP contribution < -0.4 is 11.5 Å². The first-order valence-corrected chi connectivity index (χ1v) is 5.71. The molecule has 1 aromatic rings. The van der Waals surface area contributed by atoms with E-state index in [0.717, 1.165) is 12.8 Å². The second-order valence-electron chi connectivity index (χ2n) is 4.15. The molecule has 0 saturated heterocycles. The molecule has 0 aromatic heterocycles. The van der Waals surface area contributed by atoms with E-state index >= 15 is 0 Å². The molecule has 1 atom stereocenters. The largest absolute Gasteiger partial charge is 0.370 e. The summed E-state index contributed by atoms with van der Waals surface area (Å²) < 4.78 is 0. The van der Waals surface area contributed by atoms with Gasteiger partial charge in [0.2, 0.25) is 11.8 Å². The summed E-state index contributed by atoms with van der Waals surface area (Å²) >= 11 is 0. The van der Waals surface area contributed by atoms with E-state index in [1.54, 1.807) is 0 Å². The fraction of sp³-hybridized carbons (Fsp3) is 0.385. The van der Waals surface area contributed by atoms with E-state index in [9.17, 15) is 9.59 Å². The molecule has 0 aliphatic carbocycles. The molecule has 0 heterocycles. The summed E-state index contributed by atoms with van der Waals surface area (Å²) in [5, 5.41) is 0.